The summed E-state index contributed by atoms with van der Waals surface area (Å²) >= 11 is 0. The lowest BCUT2D eigenvalue weighted by Crippen LogP contribution is -2.31. The highest BCUT2D eigenvalue weighted by Crippen LogP contribution is 2.23. The van der Waals surface area contributed by atoms with E-state index in [1.54, 1.807) is 31.4 Å². The lowest BCUT2D eigenvalue weighted by Gasteiger charge is -2.23. The molecule has 0 atom stereocenters. The van der Waals surface area contributed by atoms with Crippen LogP contribution in [-0.2, 0) is 7.05 Å². The Bertz CT molecular complexity index is 528. The van der Waals surface area contributed by atoms with E-state index in [-0.39, 0.29) is 11.5 Å². The van der Waals surface area contributed by atoms with Crippen LogP contribution in [0.25, 0.3) is 0 Å². The summed E-state index contributed by atoms with van der Waals surface area (Å²) in [5, 5.41) is 4.07. The monoisotopic (exact) mass is 248 g/mol. The van der Waals surface area contributed by atoms with Gasteiger partial charge in [-0.25, -0.2) is 4.68 Å². The summed E-state index contributed by atoms with van der Waals surface area (Å²) in [6.07, 6.45) is 3.32. The Morgan fingerprint density at radius 1 is 1.61 bits per heavy atom. The van der Waals surface area contributed by atoms with Gasteiger partial charge in [-0.15, -0.1) is 0 Å². The highest BCUT2D eigenvalue weighted by Gasteiger charge is 2.18. The van der Waals surface area contributed by atoms with Gasteiger partial charge in [0.15, 0.2) is 0 Å². The number of amidine groups is 1. The molecule has 5 nitrogen and oxygen atoms in total. The van der Waals surface area contributed by atoms with Gasteiger partial charge in [0, 0.05) is 25.9 Å². The van der Waals surface area contributed by atoms with Crippen molar-refractivity contribution in [2.45, 2.75) is 26.7 Å². The molecule has 0 aliphatic carbocycles. The SMILES string of the molecule is C=CN(C(C)=NC)c1cnn(C)c(=O)c1C(C)C. The second kappa shape index (κ2) is 5.62. The average Bonchev–Trinajstić information content (AvgIpc) is 2.33. The molecule has 0 fully saturated rings. The third-order valence-electron chi connectivity index (χ3n) is 2.85. The number of hydrogen-bond acceptors (Lipinski definition) is 3. The Balaban J connectivity index is 3.54. The lowest BCUT2D eigenvalue weighted by molar-refractivity contribution is 0.678. The predicted molar refractivity (Wildman–Crippen MR) is 75.3 cm³/mol. The zero-order valence-corrected chi connectivity index (χ0v) is 11.6. The number of aliphatic imine (C=N–C) groups is 1. The van der Waals surface area contributed by atoms with Crippen LogP contribution < -0.4 is 10.5 Å². The number of rotatable bonds is 3. The van der Waals surface area contributed by atoms with Crippen molar-refractivity contribution in [1.29, 1.82) is 0 Å². The van der Waals surface area contributed by atoms with Crippen molar-refractivity contribution in [3.63, 3.8) is 0 Å². The summed E-state index contributed by atoms with van der Waals surface area (Å²) in [5.41, 5.74) is 1.37. The summed E-state index contributed by atoms with van der Waals surface area (Å²) in [6, 6.07) is 0. The van der Waals surface area contributed by atoms with Crippen molar-refractivity contribution in [2.75, 3.05) is 11.9 Å². The van der Waals surface area contributed by atoms with Gasteiger partial charge in [-0.1, -0.05) is 20.4 Å². The quantitative estimate of drug-likeness (QED) is 0.606. The van der Waals surface area contributed by atoms with E-state index in [1.165, 1.54) is 4.68 Å². The fourth-order valence-corrected chi connectivity index (χ4v) is 1.79. The summed E-state index contributed by atoms with van der Waals surface area (Å²) in [7, 11) is 3.35. The maximum atomic E-state index is 12.2. The molecule has 0 saturated carbocycles. The maximum absolute atomic E-state index is 12.2. The minimum Gasteiger partial charge on any atom is -0.304 e. The summed E-state index contributed by atoms with van der Waals surface area (Å²) in [6.45, 7) is 9.60. The molecule has 1 aromatic heterocycles. The van der Waals surface area contributed by atoms with Crippen LogP contribution in [0.15, 0.2) is 28.8 Å². The smallest absolute Gasteiger partial charge is 0.272 e. The van der Waals surface area contributed by atoms with Crippen LogP contribution in [0.3, 0.4) is 0 Å². The second-order valence-corrected chi connectivity index (χ2v) is 4.35. The minimum atomic E-state index is -0.0850. The van der Waals surface area contributed by atoms with E-state index in [9.17, 15) is 4.79 Å². The zero-order chi connectivity index (χ0) is 13.9. The number of anilines is 1. The topological polar surface area (TPSA) is 50.5 Å². The Morgan fingerprint density at radius 3 is 2.67 bits per heavy atom. The highest BCUT2D eigenvalue weighted by molar-refractivity contribution is 5.98. The largest absolute Gasteiger partial charge is 0.304 e. The van der Waals surface area contributed by atoms with Gasteiger partial charge < -0.3 is 4.90 Å². The molecule has 0 saturated heterocycles. The van der Waals surface area contributed by atoms with E-state index in [4.69, 9.17) is 0 Å². The van der Waals surface area contributed by atoms with Gasteiger partial charge in [0.25, 0.3) is 5.56 Å². The molecule has 0 aliphatic rings. The molecule has 5 heteroatoms. The molecule has 1 aromatic rings. The zero-order valence-electron chi connectivity index (χ0n) is 11.6. The van der Waals surface area contributed by atoms with Gasteiger partial charge in [0.1, 0.15) is 5.84 Å². The Hall–Kier alpha value is -1.91. The molecule has 0 N–H and O–H groups in total. The fraction of sp³-hybridized carbons (Fsp3) is 0.462. The van der Waals surface area contributed by atoms with Crippen LogP contribution >= 0.6 is 0 Å². The summed E-state index contributed by atoms with van der Waals surface area (Å²) in [4.78, 5) is 18.1. The first kappa shape index (κ1) is 14.2. The molecule has 1 rings (SSSR count). The Kier molecular flexibility index (Phi) is 4.42. The predicted octanol–water partition coefficient (Wildman–Crippen LogP) is 1.90. The van der Waals surface area contributed by atoms with E-state index in [2.05, 4.69) is 16.7 Å². The van der Waals surface area contributed by atoms with Gasteiger partial charge in [0.05, 0.1) is 11.9 Å². The van der Waals surface area contributed by atoms with Crippen molar-refractivity contribution in [1.82, 2.24) is 9.78 Å². The second-order valence-electron chi connectivity index (χ2n) is 4.35. The highest BCUT2D eigenvalue weighted by atomic mass is 16.1. The van der Waals surface area contributed by atoms with Crippen molar-refractivity contribution >= 4 is 11.5 Å². The number of nitrogens with zero attached hydrogens (tertiary/aromatic N) is 4. The van der Waals surface area contributed by atoms with Crippen LogP contribution in [0.2, 0.25) is 0 Å². The van der Waals surface area contributed by atoms with E-state index in [0.29, 0.717) is 0 Å². The molecule has 0 spiro atoms. The van der Waals surface area contributed by atoms with Crippen LogP contribution in [0.1, 0.15) is 32.3 Å². The van der Waals surface area contributed by atoms with Crippen molar-refractivity contribution in [3.8, 4) is 0 Å². The first-order valence-electron chi connectivity index (χ1n) is 5.85. The first-order valence-corrected chi connectivity index (χ1v) is 5.85. The van der Waals surface area contributed by atoms with Crippen molar-refractivity contribution < 1.29 is 0 Å². The van der Waals surface area contributed by atoms with Gasteiger partial charge in [-0.2, -0.15) is 5.10 Å². The summed E-state index contributed by atoms with van der Waals surface area (Å²) < 4.78 is 1.35. The van der Waals surface area contributed by atoms with Crippen molar-refractivity contribution in [3.05, 3.63) is 34.9 Å². The van der Waals surface area contributed by atoms with Crippen molar-refractivity contribution in [2.24, 2.45) is 12.0 Å². The average molecular weight is 248 g/mol. The Morgan fingerprint density at radius 2 is 2.22 bits per heavy atom. The lowest BCUT2D eigenvalue weighted by atomic mass is 10.0. The van der Waals surface area contributed by atoms with E-state index >= 15 is 0 Å². The first-order chi connectivity index (χ1) is 8.43. The molecular weight excluding hydrogens is 228 g/mol. The van der Waals surface area contributed by atoms with E-state index in [1.807, 2.05) is 20.8 Å². The molecule has 0 aliphatic heterocycles. The molecule has 0 aromatic carbocycles. The number of aromatic nitrogens is 2. The molecule has 0 unspecified atom stereocenters. The molecule has 0 bridgehead atoms. The van der Waals surface area contributed by atoms with Gasteiger partial charge in [-0.05, 0) is 12.8 Å². The molecule has 1 heterocycles. The fourth-order valence-electron chi connectivity index (χ4n) is 1.79. The van der Waals surface area contributed by atoms with Gasteiger partial charge in [-0.3, -0.25) is 9.79 Å². The maximum Gasteiger partial charge on any atom is 0.272 e. The number of hydrogen-bond donors (Lipinski definition) is 0. The Labute approximate surface area is 107 Å². The third-order valence-corrected chi connectivity index (χ3v) is 2.85. The normalized spacial score (nSPS) is 11.8. The molecule has 0 amide bonds. The van der Waals surface area contributed by atoms with Gasteiger partial charge >= 0.3 is 0 Å². The van der Waals surface area contributed by atoms with Gasteiger partial charge in [0.2, 0.25) is 0 Å². The standard InChI is InChI=1S/C13H20N4O/c1-7-17(10(4)14-5)11-8-15-16(6)13(18)12(11)9(2)3/h7-9H,1H2,2-6H3. The van der Waals surface area contributed by atoms with Crippen LogP contribution in [0.4, 0.5) is 5.69 Å². The molecular formula is C13H20N4O. The van der Waals surface area contributed by atoms with Crippen LogP contribution in [0, 0.1) is 0 Å². The molecule has 98 valence electrons. The van der Waals surface area contributed by atoms with E-state index in [0.717, 1.165) is 17.1 Å². The van der Waals surface area contributed by atoms with Crippen LogP contribution in [-0.4, -0.2) is 22.7 Å². The molecule has 0 radical (unpaired) electrons. The van der Waals surface area contributed by atoms with E-state index < -0.39 is 0 Å². The summed E-state index contributed by atoms with van der Waals surface area (Å²) in [5.74, 6) is 0.871. The third kappa shape index (κ3) is 2.50. The number of aryl methyl sites for hydroxylation is 1. The molecule has 18 heavy (non-hydrogen) atoms. The van der Waals surface area contributed by atoms with Crippen LogP contribution in [0.5, 0.6) is 0 Å². The minimum absolute atomic E-state index is 0.0850.